The molecule has 0 aliphatic carbocycles. The van der Waals surface area contributed by atoms with E-state index in [-0.39, 0.29) is 36.4 Å². The van der Waals surface area contributed by atoms with E-state index in [1.54, 1.807) is 0 Å². The summed E-state index contributed by atoms with van der Waals surface area (Å²) >= 11 is 5.90. The molecule has 2 aliphatic rings. The van der Waals surface area contributed by atoms with Crippen LogP contribution < -0.4 is 16.6 Å². The van der Waals surface area contributed by atoms with Gasteiger partial charge in [-0.05, 0) is 37.0 Å². The third-order valence-electron chi connectivity index (χ3n) is 4.32. The van der Waals surface area contributed by atoms with E-state index in [0.29, 0.717) is 0 Å². The van der Waals surface area contributed by atoms with E-state index in [4.69, 9.17) is 17.3 Å². The zero-order valence-corrected chi connectivity index (χ0v) is 13.9. The predicted molar refractivity (Wildman–Crippen MR) is 89.9 cm³/mol. The number of carbonyl (C=O) groups excluding carboxylic acids is 1. The molecule has 0 bridgehead atoms. The second kappa shape index (κ2) is 7.62. The second-order valence-corrected chi connectivity index (χ2v) is 6.28. The summed E-state index contributed by atoms with van der Waals surface area (Å²) in [5, 5.41) is 0.724. The van der Waals surface area contributed by atoms with Crippen molar-refractivity contribution in [3.63, 3.8) is 0 Å². The van der Waals surface area contributed by atoms with Crippen LogP contribution in [-0.2, 0) is 4.79 Å². The smallest absolute Gasteiger partial charge is 0.241 e. The van der Waals surface area contributed by atoms with Gasteiger partial charge >= 0.3 is 0 Å². The van der Waals surface area contributed by atoms with Crippen LogP contribution in [-0.4, -0.2) is 36.0 Å². The largest absolute Gasteiger partial charge is 0.341 e. The van der Waals surface area contributed by atoms with Gasteiger partial charge in [0.25, 0.3) is 0 Å². The highest BCUT2D eigenvalue weighted by Gasteiger charge is 2.33. The number of piperidine rings is 1. The maximum absolute atomic E-state index is 12.5. The van der Waals surface area contributed by atoms with Gasteiger partial charge in [-0.3, -0.25) is 4.79 Å². The van der Waals surface area contributed by atoms with E-state index in [2.05, 4.69) is 10.9 Å². The molecule has 122 valence electrons. The molecule has 1 aromatic rings. The van der Waals surface area contributed by atoms with Crippen molar-refractivity contribution in [3.05, 3.63) is 34.9 Å². The number of carbonyl (C=O) groups is 1. The number of halogens is 2. The average Bonchev–Trinajstić information content (AvgIpc) is 2.98. The van der Waals surface area contributed by atoms with Crippen molar-refractivity contribution >= 4 is 29.9 Å². The van der Waals surface area contributed by atoms with Crippen LogP contribution in [0.25, 0.3) is 0 Å². The van der Waals surface area contributed by atoms with E-state index in [0.717, 1.165) is 42.9 Å². The Bertz CT molecular complexity index is 503. The van der Waals surface area contributed by atoms with Gasteiger partial charge in [-0.15, -0.1) is 12.4 Å². The van der Waals surface area contributed by atoms with Gasteiger partial charge in [-0.25, -0.2) is 10.9 Å². The number of amides is 1. The standard InChI is InChI=1S/C15H21ClN4O.ClH/c16-11-3-1-10(2-4-11)13-9-14(19-18-13)15(21)20-7-5-12(17)6-8-20;/h1-4,12-14,18-19H,5-9,17H2;1H. The summed E-state index contributed by atoms with van der Waals surface area (Å²) in [6.45, 7) is 1.54. The molecule has 3 rings (SSSR count). The second-order valence-electron chi connectivity index (χ2n) is 5.84. The van der Waals surface area contributed by atoms with Gasteiger partial charge in [0.05, 0.1) is 0 Å². The van der Waals surface area contributed by atoms with E-state index in [9.17, 15) is 4.79 Å². The van der Waals surface area contributed by atoms with E-state index in [1.807, 2.05) is 29.2 Å². The molecule has 0 radical (unpaired) electrons. The third-order valence-corrected chi connectivity index (χ3v) is 4.58. The molecule has 2 saturated heterocycles. The lowest BCUT2D eigenvalue weighted by atomic mass is 10.00. The number of nitrogens with zero attached hydrogens (tertiary/aromatic N) is 1. The Kier molecular flexibility index (Phi) is 6.06. The summed E-state index contributed by atoms with van der Waals surface area (Å²) in [6.07, 6.45) is 2.54. The minimum Gasteiger partial charge on any atom is -0.341 e. The van der Waals surface area contributed by atoms with Gasteiger partial charge in [0.2, 0.25) is 5.91 Å². The zero-order valence-electron chi connectivity index (χ0n) is 12.3. The number of benzene rings is 1. The third kappa shape index (κ3) is 3.91. The maximum atomic E-state index is 12.5. The number of likely N-dealkylation sites (tertiary alicyclic amines) is 1. The minimum atomic E-state index is -0.167. The first-order chi connectivity index (χ1) is 10.1. The number of nitrogens with two attached hydrogens (primary N) is 1. The number of hydrazine groups is 1. The molecule has 7 heteroatoms. The lowest BCUT2D eigenvalue weighted by molar-refractivity contribution is -0.134. The number of hydrogen-bond donors (Lipinski definition) is 3. The summed E-state index contributed by atoms with van der Waals surface area (Å²) in [7, 11) is 0. The van der Waals surface area contributed by atoms with Crippen molar-refractivity contribution in [1.82, 2.24) is 15.8 Å². The van der Waals surface area contributed by atoms with Gasteiger partial charge in [0.15, 0.2) is 0 Å². The first-order valence-electron chi connectivity index (χ1n) is 7.44. The van der Waals surface area contributed by atoms with Crippen LogP contribution in [0, 0.1) is 0 Å². The maximum Gasteiger partial charge on any atom is 0.241 e. The fourth-order valence-corrected chi connectivity index (χ4v) is 3.10. The van der Waals surface area contributed by atoms with Crippen molar-refractivity contribution in [1.29, 1.82) is 0 Å². The monoisotopic (exact) mass is 344 g/mol. The molecule has 5 nitrogen and oxygen atoms in total. The van der Waals surface area contributed by atoms with Crippen molar-refractivity contribution in [2.45, 2.75) is 37.4 Å². The fraction of sp³-hybridized carbons (Fsp3) is 0.533. The van der Waals surface area contributed by atoms with E-state index in [1.165, 1.54) is 0 Å². The molecule has 0 aromatic heterocycles. The summed E-state index contributed by atoms with van der Waals surface area (Å²) in [4.78, 5) is 14.4. The van der Waals surface area contributed by atoms with Crippen LogP contribution >= 0.6 is 24.0 Å². The van der Waals surface area contributed by atoms with E-state index >= 15 is 0 Å². The van der Waals surface area contributed by atoms with Gasteiger partial charge < -0.3 is 10.6 Å². The highest BCUT2D eigenvalue weighted by Crippen LogP contribution is 2.25. The molecule has 2 aliphatic heterocycles. The minimum absolute atomic E-state index is 0. The summed E-state index contributed by atoms with van der Waals surface area (Å²) in [5.74, 6) is 0.172. The van der Waals surface area contributed by atoms with Crippen molar-refractivity contribution in [3.8, 4) is 0 Å². The Morgan fingerprint density at radius 2 is 1.82 bits per heavy atom. The van der Waals surface area contributed by atoms with Crippen LogP contribution in [0.5, 0.6) is 0 Å². The highest BCUT2D eigenvalue weighted by molar-refractivity contribution is 6.30. The summed E-state index contributed by atoms with van der Waals surface area (Å²) in [5.41, 5.74) is 13.4. The zero-order chi connectivity index (χ0) is 14.8. The van der Waals surface area contributed by atoms with E-state index < -0.39 is 0 Å². The Hall–Kier alpha value is -0.850. The molecule has 1 aromatic carbocycles. The Morgan fingerprint density at radius 1 is 1.18 bits per heavy atom. The topological polar surface area (TPSA) is 70.4 Å². The summed E-state index contributed by atoms with van der Waals surface area (Å²) in [6, 6.07) is 7.95. The van der Waals surface area contributed by atoms with Crippen molar-refractivity contribution in [2.24, 2.45) is 5.73 Å². The summed E-state index contributed by atoms with van der Waals surface area (Å²) < 4.78 is 0. The lowest BCUT2D eigenvalue weighted by Gasteiger charge is -2.31. The van der Waals surface area contributed by atoms with Gasteiger partial charge in [-0.2, -0.15) is 0 Å². The SMILES string of the molecule is Cl.NC1CCN(C(=O)C2CC(c3ccc(Cl)cc3)NN2)CC1. The molecule has 0 spiro atoms. The molecule has 1 amide bonds. The van der Waals surface area contributed by atoms with Gasteiger partial charge in [-0.1, -0.05) is 23.7 Å². The molecular formula is C15H22Cl2N4O. The van der Waals surface area contributed by atoms with Crippen LogP contribution in [0.1, 0.15) is 30.9 Å². The number of nitrogens with one attached hydrogen (secondary N) is 2. The van der Waals surface area contributed by atoms with Crippen LogP contribution in [0.3, 0.4) is 0 Å². The van der Waals surface area contributed by atoms with Crippen LogP contribution in [0.4, 0.5) is 0 Å². The molecule has 22 heavy (non-hydrogen) atoms. The lowest BCUT2D eigenvalue weighted by Crippen LogP contribution is -2.50. The first kappa shape index (κ1) is 17.5. The average molecular weight is 345 g/mol. The molecule has 2 atom stereocenters. The molecule has 2 unspecified atom stereocenters. The van der Waals surface area contributed by atoms with Crippen molar-refractivity contribution in [2.75, 3.05) is 13.1 Å². The quantitative estimate of drug-likeness (QED) is 0.762. The number of hydrogen-bond acceptors (Lipinski definition) is 4. The Labute approximate surface area is 141 Å². The van der Waals surface area contributed by atoms with Crippen molar-refractivity contribution < 1.29 is 4.79 Å². The molecule has 4 N–H and O–H groups in total. The van der Waals surface area contributed by atoms with Gasteiger partial charge in [0, 0.05) is 30.2 Å². The Balaban J connectivity index is 0.00000176. The Morgan fingerprint density at radius 3 is 2.45 bits per heavy atom. The highest BCUT2D eigenvalue weighted by atomic mass is 35.5. The first-order valence-corrected chi connectivity index (χ1v) is 7.82. The van der Waals surface area contributed by atoms with Crippen LogP contribution in [0.15, 0.2) is 24.3 Å². The fourth-order valence-electron chi connectivity index (χ4n) is 2.97. The van der Waals surface area contributed by atoms with Crippen LogP contribution in [0.2, 0.25) is 5.02 Å². The molecule has 2 heterocycles. The predicted octanol–water partition coefficient (Wildman–Crippen LogP) is 1.62. The molecular weight excluding hydrogens is 323 g/mol. The molecule has 2 fully saturated rings. The normalized spacial score (nSPS) is 25.8. The molecule has 0 saturated carbocycles. The number of rotatable bonds is 2. The van der Waals surface area contributed by atoms with Gasteiger partial charge in [0.1, 0.15) is 6.04 Å².